The molecule has 0 saturated heterocycles. The third kappa shape index (κ3) is 5.14. The van der Waals surface area contributed by atoms with Gasteiger partial charge in [-0.15, -0.1) is 0 Å². The van der Waals surface area contributed by atoms with Crippen LogP contribution in [0.4, 0.5) is 35.1 Å². The highest BCUT2D eigenvalue weighted by atomic mass is 19.4. The van der Waals surface area contributed by atoms with Crippen LogP contribution in [-0.4, -0.2) is 9.97 Å². The molecule has 0 saturated carbocycles. The van der Waals surface area contributed by atoms with Crippen molar-refractivity contribution in [2.75, 3.05) is 0 Å². The fourth-order valence-electron chi connectivity index (χ4n) is 6.29. The summed E-state index contributed by atoms with van der Waals surface area (Å²) >= 11 is 0. The number of allylic oxidation sites excluding steroid dienone is 2. The number of halogens is 8. The highest BCUT2D eigenvalue weighted by molar-refractivity contribution is 6.07. The molecule has 0 unspecified atom stereocenters. The Bertz CT molecular complexity index is 2460. The summed E-state index contributed by atoms with van der Waals surface area (Å²) in [6.45, 7) is 15.4. The van der Waals surface area contributed by atoms with Gasteiger partial charge in [0.1, 0.15) is 11.6 Å². The van der Waals surface area contributed by atoms with Crippen molar-refractivity contribution in [2.45, 2.75) is 12.4 Å². The molecule has 2 aliphatic rings. The predicted molar refractivity (Wildman–Crippen MR) is 170 cm³/mol. The number of hydrogen-bond donors (Lipinski definition) is 0. The van der Waals surface area contributed by atoms with Gasteiger partial charge in [0.15, 0.2) is 0 Å². The van der Waals surface area contributed by atoms with Crippen LogP contribution in [0.1, 0.15) is 33.6 Å². The van der Waals surface area contributed by atoms with Crippen LogP contribution in [0.5, 0.6) is 0 Å². The van der Waals surface area contributed by atoms with Gasteiger partial charge in [0, 0.05) is 22.3 Å². The largest absolute Gasteiger partial charge is 0.419 e. The molecule has 5 aromatic rings. The van der Waals surface area contributed by atoms with Crippen LogP contribution in [0, 0.1) is 47.4 Å². The van der Waals surface area contributed by atoms with Gasteiger partial charge in [0.2, 0.25) is 0 Å². The zero-order valence-electron chi connectivity index (χ0n) is 25.6. The number of rotatable bonds is 2. The van der Waals surface area contributed by atoms with Crippen molar-refractivity contribution in [3.8, 4) is 56.9 Å². The average Bonchev–Trinajstić information content (AvgIpc) is 3.58. The summed E-state index contributed by atoms with van der Waals surface area (Å²) in [7, 11) is 0. The first-order valence-corrected chi connectivity index (χ1v) is 14.7. The first-order valence-electron chi connectivity index (χ1n) is 14.7. The topological polar surface area (TPSA) is 82.1 Å². The van der Waals surface area contributed by atoms with Crippen molar-refractivity contribution in [3.63, 3.8) is 0 Å². The van der Waals surface area contributed by atoms with Crippen LogP contribution in [0.15, 0.2) is 84.2 Å². The normalized spacial score (nSPS) is 14.5. The van der Waals surface area contributed by atoms with E-state index in [0.29, 0.717) is 23.3 Å². The van der Waals surface area contributed by atoms with Crippen molar-refractivity contribution in [1.29, 1.82) is 10.5 Å². The Balaban J connectivity index is 1.42. The third-order valence-electron chi connectivity index (χ3n) is 8.58. The Morgan fingerprint density at radius 3 is 1.17 bits per heavy atom. The van der Waals surface area contributed by atoms with Gasteiger partial charge < -0.3 is 0 Å². The Morgan fingerprint density at radius 1 is 0.519 bits per heavy atom. The Kier molecular flexibility index (Phi) is 7.52. The lowest BCUT2D eigenvalue weighted by atomic mass is 9.96. The number of benzene rings is 4. The number of aromatic nitrogens is 2. The quantitative estimate of drug-likeness (QED) is 0.102. The van der Waals surface area contributed by atoms with E-state index in [1.165, 1.54) is 36.4 Å². The third-order valence-corrected chi connectivity index (χ3v) is 8.58. The second kappa shape index (κ2) is 11.7. The van der Waals surface area contributed by atoms with E-state index >= 15 is 0 Å². The molecule has 0 amide bonds. The van der Waals surface area contributed by atoms with E-state index in [-0.39, 0.29) is 67.3 Å². The molecule has 1 aromatic heterocycles. The summed E-state index contributed by atoms with van der Waals surface area (Å²) in [5.41, 5.74) is -1.38. The monoisotopic (exact) mass is 704 g/mol. The van der Waals surface area contributed by atoms with Gasteiger partial charge in [0.05, 0.1) is 59.2 Å². The lowest BCUT2D eigenvalue weighted by molar-refractivity contribution is -0.140. The summed E-state index contributed by atoms with van der Waals surface area (Å²) < 4.78 is 108. The maximum atomic E-state index is 14.5. The summed E-state index contributed by atoms with van der Waals surface area (Å²) in [4.78, 5) is 16.2. The summed E-state index contributed by atoms with van der Waals surface area (Å²) in [5.74, 6) is -3.00. The second-order valence-corrected chi connectivity index (χ2v) is 11.4. The van der Waals surface area contributed by atoms with Gasteiger partial charge in [-0.2, -0.15) is 26.3 Å². The maximum Gasteiger partial charge on any atom is 0.419 e. The van der Waals surface area contributed by atoms with Gasteiger partial charge >= 0.3 is 12.4 Å². The van der Waals surface area contributed by atoms with Crippen LogP contribution in [-0.2, 0) is 12.4 Å². The standard InChI is InChI=1S/C38H12F8N6/c1-49-29(15-47)31-23-11-17(19-5-9-25(27(39)13-19)37(41,42)43)3-7-21(23)33-35(31)51-34-22-8-4-18(20-6-10-26(28(40)14-20)38(44,45)46)12-24(22)32(36(34)52-33)30(16-48)50-2/h3-14H/b31-29-,32-30+. The molecule has 6 nitrogen and oxygen atoms in total. The number of alkyl halides is 6. The van der Waals surface area contributed by atoms with E-state index in [2.05, 4.69) is 9.69 Å². The van der Waals surface area contributed by atoms with E-state index in [1.54, 1.807) is 0 Å². The van der Waals surface area contributed by atoms with Crippen LogP contribution in [0.2, 0.25) is 0 Å². The van der Waals surface area contributed by atoms with Crippen LogP contribution < -0.4 is 0 Å². The first kappa shape index (κ1) is 33.3. The zero-order valence-corrected chi connectivity index (χ0v) is 25.6. The van der Waals surface area contributed by atoms with Gasteiger partial charge in [-0.25, -0.2) is 39.0 Å². The minimum atomic E-state index is -4.92. The van der Waals surface area contributed by atoms with Crippen LogP contribution in [0.3, 0.4) is 0 Å². The molecule has 0 spiro atoms. The molecule has 2 aliphatic carbocycles. The van der Waals surface area contributed by atoms with E-state index in [0.717, 1.165) is 24.3 Å². The van der Waals surface area contributed by atoms with Crippen molar-refractivity contribution < 1.29 is 35.1 Å². The summed E-state index contributed by atoms with van der Waals surface area (Å²) in [6, 6.07) is 17.4. The molecule has 4 aromatic carbocycles. The lowest BCUT2D eigenvalue weighted by Crippen LogP contribution is -2.07. The molecule has 1 heterocycles. The Hall–Kier alpha value is -7.16. The van der Waals surface area contributed by atoms with E-state index in [1.807, 2.05) is 12.1 Å². The van der Waals surface area contributed by atoms with Gasteiger partial charge in [0.25, 0.3) is 11.4 Å². The smallest absolute Gasteiger partial charge is 0.245 e. The fourth-order valence-corrected chi connectivity index (χ4v) is 6.29. The molecule has 0 fully saturated rings. The van der Waals surface area contributed by atoms with E-state index in [9.17, 15) is 45.6 Å². The van der Waals surface area contributed by atoms with E-state index < -0.39 is 46.5 Å². The molecule has 0 bridgehead atoms. The minimum absolute atomic E-state index is 0.0357. The molecule has 0 aliphatic heterocycles. The van der Waals surface area contributed by atoms with Gasteiger partial charge in [-0.05, 0) is 69.8 Å². The molecule has 7 rings (SSSR count). The molecule has 52 heavy (non-hydrogen) atoms. The van der Waals surface area contributed by atoms with Gasteiger partial charge in [-0.3, -0.25) is 0 Å². The number of hydrogen-bond acceptors (Lipinski definition) is 4. The van der Waals surface area contributed by atoms with Gasteiger partial charge in [-0.1, -0.05) is 36.4 Å². The summed E-state index contributed by atoms with van der Waals surface area (Å²) in [6.07, 6.45) is -9.83. The molecule has 0 radical (unpaired) electrons. The van der Waals surface area contributed by atoms with Crippen molar-refractivity contribution in [2.24, 2.45) is 0 Å². The number of nitrogens with zero attached hydrogens (tertiary/aromatic N) is 6. The number of nitriles is 2. The molecular formula is C38H12F8N6. The highest BCUT2D eigenvalue weighted by Gasteiger charge is 2.38. The first-order chi connectivity index (χ1) is 24.7. The van der Waals surface area contributed by atoms with Crippen molar-refractivity contribution in [3.05, 3.63) is 152 Å². The van der Waals surface area contributed by atoms with Crippen LogP contribution in [0.25, 0.3) is 65.6 Å². The number of fused-ring (bicyclic) bond motifs is 6. The molecule has 250 valence electrons. The zero-order chi connectivity index (χ0) is 37.3. The highest BCUT2D eigenvalue weighted by Crippen LogP contribution is 2.51. The molecule has 0 atom stereocenters. The molecular weight excluding hydrogens is 692 g/mol. The molecule has 0 N–H and O–H groups in total. The predicted octanol–water partition coefficient (Wildman–Crippen LogP) is 10.5. The van der Waals surface area contributed by atoms with Crippen molar-refractivity contribution in [1.82, 2.24) is 9.97 Å². The lowest BCUT2D eigenvalue weighted by Gasteiger charge is -2.11. The van der Waals surface area contributed by atoms with Crippen LogP contribution >= 0.6 is 0 Å². The minimum Gasteiger partial charge on any atom is -0.245 e. The SMILES string of the molecule is [C-]#[N+]/C(C#N)=C1/c2cc(-c3ccc(C(F)(F)F)c(F)c3)ccc2-c2nc3c(nc21)-c1ccc(-c2ccc(C(F)(F)F)c(F)c2)cc1/C3=C(/C#N)[N+]#[C-]. The second-order valence-electron chi connectivity index (χ2n) is 11.4. The average molecular weight is 705 g/mol. The molecule has 14 heteroatoms. The maximum absolute atomic E-state index is 14.5. The summed E-state index contributed by atoms with van der Waals surface area (Å²) in [5, 5.41) is 19.9. The Morgan fingerprint density at radius 2 is 0.865 bits per heavy atom. The Labute approximate surface area is 288 Å². The van der Waals surface area contributed by atoms with Crippen molar-refractivity contribution >= 4 is 11.1 Å². The van der Waals surface area contributed by atoms with E-state index in [4.69, 9.17) is 23.1 Å². The fraction of sp³-hybridized carbons (Fsp3) is 0.0526.